The smallest absolute Gasteiger partial charge is 0.357 e. The predicted molar refractivity (Wildman–Crippen MR) is 124 cm³/mol. The minimum atomic E-state index is -5.02. The Hall–Kier alpha value is -4.21. The highest BCUT2D eigenvalue weighted by atomic mass is 19.4. The molecular formula is C26H23F4N3O3. The van der Waals surface area contributed by atoms with E-state index in [1.165, 1.54) is 11.9 Å². The van der Waals surface area contributed by atoms with Crippen LogP contribution >= 0.6 is 0 Å². The number of nitrogens with one attached hydrogen (secondary N) is 2. The molecule has 3 amide bonds. The van der Waals surface area contributed by atoms with Gasteiger partial charge < -0.3 is 15.5 Å². The lowest BCUT2D eigenvalue weighted by atomic mass is 9.95. The molecule has 6 nitrogen and oxygen atoms in total. The van der Waals surface area contributed by atoms with Crippen LogP contribution < -0.4 is 10.6 Å². The Bertz CT molecular complexity index is 1200. The molecule has 0 aromatic heterocycles. The van der Waals surface area contributed by atoms with Gasteiger partial charge >= 0.3 is 6.18 Å². The summed E-state index contributed by atoms with van der Waals surface area (Å²) in [6, 6.07) is 16.2. The van der Waals surface area contributed by atoms with Gasteiger partial charge in [-0.15, -0.1) is 0 Å². The molecule has 3 aromatic rings. The Morgan fingerprint density at radius 3 is 2.14 bits per heavy atom. The van der Waals surface area contributed by atoms with E-state index in [1.807, 2.05) is 0 Å². The van der Waals surface area contributed by atoms with Crippen molar-refractivity contribution in [2.45, 2.75) is 24.8 Å². The maximum atomic E-state index is 13.6. The van der Waals surface area contributed by atoms with Crippen LogP contribution in [-0.4, -0.2) is 36.2 Å². The fourth-order valence-corrected chi connectivity index (χ4v) is 3.83. The Balaban J connectivity index is 2.06. The monoisotopic (exact) mass is 501 g/mol. The molecule has 0 spiro atoms. The van der Waals surface area contributed by atoms with Gasteiger partial charge in [0, 0.05) is 13.6 Å². The highest BCUT2D eigenvalue weighted by Crippen LogP contribution is 2.33. The van der Waals surface area contributed by atoms with E-state index in [0.29, 0.717) is 18.0 Å². The van der Waals surface area contributed by atoms with Crippen LogP contribution in [0.4, 0.5) is 17.6 Å². The molecule has 0 fully saturated rings. The van der Waals surface area contributed by atoms with Crippen LogP contribution in [0.2, 0.25) is 0 Å². The molecule has 2 N–H and O–H groups in total. The minimum absolute atomic E-state index is 0.0532. The standard InChI is InChI=1S/C26H23F4N3O3/c1-31-25(36)22(32-24(35)20-13-12-19(27)14-21(20)26(28,29)30)23(18-10-6-3-7-11-18)33(16-34)15-17-8-4-2-5-9-17/h2-14,16,22-23H,15H2,1H3,(H,31,36)(H,32,35). The SMILES string of the molecule is CNC(=O)C(NC(=O)c1ccc(F)cc1C(F)(F)F)C(c1ccccc1)N(C=O)Cc1ccccc1. The Morgan fingerprint density at radius 1 is 0.972 bits per heavy atom. The van der Waals surface area contributed by atoms with Crippen molar-refractivity contribution < 1.29 is 31.9 Å². The lowest BCUT2D eigenvalue weighted by Crippen LogP contribution is -2.53. The van der Waals surface area contributed by atoms with Gasteiger partial charge in [-0.05, 0) is 29.3 Å². The Labute approximate surface area is 204 Å². The van der Waals surface area contributed by atoms with E-state index in [9.17, 15) is 31.9 Å². The number of rotatable bonds is 9. The number of nitrogens with zero attached hydrogens (tertiary/aromatic N) is 1. The molecule has 0 saturated heterocycles. The predicted octanol–water partition coefficient (Wildman–Crippen LogP) is 4.09. The molecule has 0 aliphatic carbocycles. The largest absolute Gasteiger partial charge is 0.417 e. The van der Waals surface area contributed by atoms with Gasteiger partial charge in [-0.2, -0.15) is 13.2 Å². The summed E-state index contributed by atoms with van der Waals surface area (Å²) in [5.41, 5.74) is -1.15. The molecule has 0 heterocycles. The van der Waals surface area contributed by atoms with Crippen LogP contribution in [0.3, 0.4) is 0 Å². The van der Waals surface area contributed by atoms with Crippen LogP contribution in [0.5, 0.6) is 0 Å². The molecule has 0 saturated carbocycles. The second-order valence-corrected chi connectivity index (χ2v) is 7.87. The van der Waals surface area contributed by atoms with E-state index >= 15 is 0 Å². The molecule has 0 bridgehead atoms. The van der Waals surface area contributed by atoms with Crippen molar-refractivity contribution in [3.05, 3.63) is 107 Å². The normalized spacial score (nSPS) is 12.8. The topological polar surface area (TPSA) is 78.5 Å². The van der Waals surface area contributed by atoms with Gasteiger partial charge in [0.15, 0.2) is 0 Å². The number of likely N-dealkylation sites (N-methyl/N-ethyl adjacent to an activating group) is 1. The maximum Gasteiger partial charge on any atom is 0.417 e. The second kappa shape index (κ2) is 11.5. The average molecular weight is 501 g/mol. The van der Waals surface area contributed by atoms with E-state index in [2.05, 4.69) is 10.6 Å². The van der Waals surface area contributed by atoms with Crippen molar-refractivity contribution in [3.63, 3.8) is 0 Å². The zero-order chi connectivity index (χ0) is 26.3. The van der Waals surface area contributed by atoms with Gasteiger partial charge in [0.2, 0.25) is 12.3 Å². The summed E-state index contributed by atoms with van der Waals surface area (Å²) in [4.78, 5) is 39.5. The molecular weight excluding hydrogens is 478 g/mol. The van der Waals surface area contributed by atoms with E-state index in [-0.39, 0.29) is 12.6 Å². The molecule has 3 aromatic carbocycles. The molecule has 0 radical (unpaired) electrons. The molecule has 2 unspecified atom stereocenters. The van der Waals surface area contributed by atoms with Crippen molar-refractivity contribution in [1.82, 2.24) is 15.5 Å². The van der Waals surface area contributed by atoms with Crippen molar-refractivity contribution in [1.29, 1.82) is 0 Å². The fraction of sp³-hybridized carbons (Fsp3) is 0.192. The molecule has 2 atom stereocenters. The summed E-state index contributed by atoms with van der Waals surface area (Å²) in [5.74, 6) is -3.16. The average Bonchev–Trinajstić information content (AvgIpc) is 2.87. The third kappa shape index (κ3) is 6.26. The van der Waals surface area contributed by atoms with Gasteiger partial charge in [0.1, 0.15) is 11.9 Å². The van der Waals surface area contributed by atoms with E-state index in [4.69, 9.17) is 0 Å². The van der Waals surface area contributed by atoms with Crippen LogP contribution in [0.1, 0.15) is 33.1 Å². The van der Waals surface area contributed by atoms with Crippen LogP contribution in [0.15, 0.2) is 78.9 Å². The second-order valence-electron chi connectivity index (χ2n) is 7.87. The molecule has 36 heavy (non-hydrogen) atoms. The summed E-state index contributed by atoms with van der Waals surface area (Å²) in [5, 5.41) is 4.73. The lowest BCUT2D eigenvalue weighted by molar-refractivity contribution is -0.138. The molecule has 3 rings (SSSR count). The fourth-order valence-electron chi connectivity index (χ4n) is 3.83. The maximum absolute atomic E-state index is 13.6. The van der Waals surface area contributed by atoms with Crippen molar-refractivity contribution in [3.8, 4) is 0 Å². The van der Waals surface area contributed by atoms with E-state index in [1.54, 1.807) is 60.7 Å². The summed E-state index contributed by atoms with van der Waals surface area (Å²) in [6.45, 7) is 0.0532. The van der Waals surface area contributed by atoms with Crippen molar-refractivity contribution in [2.24, 2.45) is 0 Å². The summed E-state index contributed by atoms with van der Waals surface area (Å²) >= 11 is 0. The molecule has 10 heteroatoms. The summed E-state index contributed by atoms with van der Waals surface area (Å²) in [6.07, 6.45) is -4.51. The Kier molecular flexibility index (Phi) is 8.42. The first-order valence-corrected chi connectivity index (χ1v) is 10.8. The molecule has 188 valence electrons. The molecule has 0 aliphatic heterocycles. The third-order valence-corrected chi connectivity index (χ3v) is 5.50. The van der Waals surface area contributed by atoms with E-state index < -0.39 is 47.0 Å². The highest BCUT2D eigenvalue weighted by Gasteiger charge is 2.39. The number of halogens is 4. The summed E-state index contributed by atoms with van der Waals surface area (Å²) in [7, 11) is 1.30. The van der Waals surface area contributed by atoms with E-state index in [0.717, 1.165) is 11.6 Å². The number of carbonyl (C=O) groups is 3. The van der Waals surface area contributed by atoms with Gasteiger partial charge in [-0.3, -0.25) is 14.4 Å². The van der Waals surface area contributed by atoms with Crippen molar-refractivity contribution >= 4 is 18.2 Å². The zero-order valence-electron chi connectivity index (χ0n) is 19.1. The third-order valence-electron chi connectivity index (χ3n) is 5.50. The number of benzene rings is 3. The zero-order valence-corrected chi connectivity index (χ0v) is 19.1. The quantitative estimate of drug-likeness (QED) is 0.343. The van der Waals surface area contributed by atoms with Crippen LogP contribution in [0, 0.1) is 5.82 Å². The lowest BCUT2D eigenvalue weighted by Gasteiger charge is -2.35. The number of hydrogen-bond acceptors (Lipinski definition) is 3. The van der Waals surface area contributed by atoms with Gasteiger partial charge in [0.05, 0.1) is 17.2 Å². The Morgan fingerprint density at radius 2 is 1.58 bits per heavy atom. The van der Waals surface area contributed by atoms with Gasteiger partial charge in [0.25, 0.3) is 5.91 Å². The van der Waals surface area contributed by atoms with Gasteiger partial charge in [-0.25, -0.2) is 4.39 Å². The molecule has 0 aliphatic rings. The number of hydrogen-bond donors (Lipinski definition) is 2. The number of amides is 3. The first-order valence-electron chi connectivity index (χ1n) is 10.8. The van der Waals surface area contributed by atoms with Crippen molar-refractivity contribution in [2.75, 3.05) is 7.05 Å². The first-order chi connectivity index (χ1) is 17.2. The summed E-state index contributed by atoms with van der Waals surface area (Å²) < 4.78 is 54.1. The van der Waals surface area contributed by atoms with Crippen LogP contribution in [-0.2, 0) is 22.3 Å². The number of alkyl halides is 3. The minimum Gasteiger partial charge on any atom is -0.357 e. The first kappa shape index (κ1) is 26.4. The highest BCUT2D eigenvalue weighted by molar-refractivity contribution is 5.99. The van der Waals surface area contributed by atoms with Crippen LogP contribution in [0.25, 0.3) is 0 Å². The van der Waals surface area contributed by atoms with Gasteiger partial charge in [-0.1, -0.05) is 60.7 Å². The number of carbonyl (C=O) groups excluding carboxylic acids is 3.